The smallest absolute Gasteiger partial charge is 0.228 e. The lowest BCUT2D eigenvalue weighted by Gasteiger charge is -2.21. The lowest BCUT2D eigenvalue weighted by atomic mass is 10.1. The Kier molecular flexibility index (Phi) is 11.7. The van der Waals surface area contributed by atoms with Crippen molar-refractivity contribution in [3.8, 4) is 0 Å². The van der Waals surface area contributed by atoms with Crippen LogP contribution >= 0.6 is 36.2 Å². The standard InChI is InChI=1S/C17H23N3OS.2ClH/c1-2-16-19-15(13-22-16)12-17(21)20(11-9-18)10-8-14-6-4-3-5-7-14;;/h3-7,13H,2,8-12,18H2,1H3;2*1H. The molecule has 2 N–H and O–H groups in total. The lowest BCUT2D eigenvalue weighted by Crippen LogP contribution is -2.37. The number of nitrogens with two attached hydrogens (primary N) is 1. The van der Waals surface area contributed by atoms with E-state index in [0.717, 1.165) is 23.5 Å². The molecule has 0 radical (unpaired) electrons. The second-order valence-corrected chi connectivity index (χ2v) is 6.11. The van der Waals surface area contributed by atoms with Gasteiger partial charge in [0.2, 0.25) is 5.91 Å². The number of thiazole rings is 1. The molecule has 0 unspecified atom stereocenters. The minimum absolute atomic E-state index is 0. The number of aromatic nitrogens is 1. The number of benzene rings is 1. The van der Waals surface area contributed by atoms with E-state index in [4.69, 9.17) is 5.73 Å². The Balaban J connectivity index is 0.00000264. The molecule has 0 saturated carbocycles. The minimum atomic E-state index is 0. The van der Waals surface area contributed by atoms with Crippen molar-refractivity contribution in [3.63, 3.8) is 0 Å². The van der Waals surface area contributed by atoms with Crippen molar-refractivity contribution in [1.82, 2.24) is 9.88 Å². The highest BCUT2D eigenvalue weighted by Gasteiger charge is 2.15. The Morgan fingerprint density at radius 3 is 2.50 bits per heavy atom. The molecule has 1 aromatic heterocycles. The maximum Gasteiger partial charge on any atom is 0.228 e. The van der Waals surface area contributed by atoms with Gasteiger partial charge in [-0.2, -0.15) is 0 Å². The van der Waals surface area contributed by atoms with Crippen molar-refractivity contribution < 1.29 is 4.79 Å². The molecule has 7 heteroatoms. The van der Waals surface area contributed by atoms with Crippen LogP contribution in [0.4, 0.5) is 0 Å². The number of hydrogen-bond donors (Lipinski definition) is 1. The Hall–Kier alpha value is -1.14. The zero-order valence-corrected chi connectivity index (χ0v) is 16.3. The molecular weight excluding hydrogens is 365 g/mol. The van der Waals surface area contributed by atoms with Gasteiger partial charge in [-0.15, -0.1) is 36.2 Å². The minimum Gasteiger partial charge on any atom is -0.341 e. The second kappa shape index (κ2) is 12.3. The van der Waals surface area contributed by atoms with Gasteiger partial charge in [-0.3, -0.25) is 4.79 Å². The number of hydrogen-bond acceptors (Lipinski definition) is 4. The predicted octanol–water partition coefficient (Wildman–Crippen LogP) is 3.12. The van der Waals surface area contributed by atoms with Crippen LogP contribution in [0, 0.1) is 0 Å². The first-order valence-electron chi connectivity index (χ1n) is 7.68. The Morgan fingerprint density at radius 1 is 1.21 bits per heavy atom. The average molecular weight is 390 g/mol. The topological polar surface area (TPSA) is 59.2 Å². The second-order valence-electron chi connectivity index (χ2n) is 5.17. The highest BCUT2D eigenvalue weighted by atomic mass is 35.5. The van der Waals surface area contributed by atoms with Gasteiger partial charge in [0.15, 0.2) is 0 Å². The molecular formula is C17H25Cl2N3OS. The molecule has 0 aliphatic heterocycles. The third-order valence-electron chi connectivity index (χ3n) is 3.50. The summed E-state index contributed by atoms with van der Waals surface area (Å²) in [5.41, 5.74) is 7.75. The fourth-order valence-electron chi connectivity index (χ4n) is 2.29. The lowest BCUT2D eigenvalue weighted by molar-refractivity contribution is -0.130. The van der Waals surface area contributed by atoms with Crippen molar-refractivity contribution in [3.05, 3.63) is 52.0 Å². The highest BCUT2D eigenvalue weighted by Crippen LogP contribution is 2.12. The summed E-state index contributed by atoms with van der Waals surface area (Å²) in [6.07, 6.45) is 2.13. The molecule has 0 atom stereocenters. The predicted molar refractivity (Wildman–Crippen MR) is 105 cm³/mol. The molecule has 0 aliphatic rings. The zero-order valence-electron chi connectivity index (χ0n) is 13.8. The molecule has 0 fully saturated rings. The van der Waals surface area contributed by atoms with Crippen LogP contribution in [0.2, 0.25) is 0 Å². The van der Waals surface area contributed by atoms with Crippen LogP contribution in [0.3, 0.4) is 0 Å². The van der Waals surface area contributed by atoms with Gasteiger partial charge >= 0.3 is 0 Å². The van der Waals surface area contributed by atoms with E-state index in [2.05, 4.69) is 24.0 Å². The summed E-state index contributed by atoms with van der Waals surface area (Å²) in [7, 11) is 0. The number of halogens is 2. The molecule has 0 spiro atoms. The first-order valence-corrected chi connectivity index (χ1v) is 8.56. The van der Waals surface area contributed by atoms with Crippen molar-refractivity contribution in [2.45, 2.75) is 26.2 Å². The molecule has 0 bridgehead atoms. The van der Waals surface area contributed by atoms with Crippen molar-refractivity contribution in [2.75, 3.05) is 19.6 Å². The summed E-state index contributed by atoms with van der Waals surface area (Å²) in [6.45, 7) is 3.85. The van der Waals surface area contributed by atoms with Gasteiger partial charge in [0.25, 0.3) is 0 Å². The van der Waals surface area contributed by atoms with E-state index in [1.54, 1.807) is 11.3 Å². The van der Waals surface area contributed by atoms with E-state index in [9.17, 15) is 4.79 Å². The molecule has 1 aromatic carbocycles. The monoisotopic (exact) mass is 389 g/mol. The largest absolute Gasteiger partial charge is 0.341 e. The van der Waals surface area contributed by atoms with Gasteiger partial charge in [0.1, 0.15) is 0 Å². The van der Waals surface area contributed by atoms with Gasteiger partial charge < -0.3 is 10.6 Å². The van der Waals surface area contributed by atoms with Crippen molar-refractivity contribution >= 4 is 42.1 Å². The van der Waals surface area contributed by atoms with E-state index >= 15 is 0 Å². The normalized spacial score (nSPS) is 9.75. The molecule has 2 rings (SSSR count). The Morgan fingerprint density at radius 2 is 1.92 bits per heavy atom. The fraction of sp³-hybridized carbons (Fsp3) is 0.412. The number of carbonyl (C=O) groups is 1. The summed E-state index contributed by atoms with van der Waals surface area (Å²) in [5, 5.41) is 3.06. The van der Waals surface area contributed by atoms with E-state index in [-0.39, 0.29) is 30.7 Å². The van der Waals surface area contributed by atoms with Gasteiger partial charge in [0.05, 0.1) is 17.1 Å². The van der Waals surface area contributed by atoms with Crippen LogP contribution in [0.15, 0.2) is 35.7 Å². The van der Waals surface area contributed by atoms with Crippen molar-refractivity contribution in [2.24, 2.45) is 5.73 Å². The number of carbonyl (C=O) groups excluding carboxylic acids is 1. The molecule has 0 aliphatic carbocycles. The third kappa shape index (κ3) is 7.18. The van der Waals surface area contributed by atoms with E-state index in [0.29, 0.717) is 26.1 Å². The van der Waals surface area contributed by atoms with Crippen molar-refractivity contribution in [1.29, 1.82) is 0 Å². The van der Waals surface area contributed by atoms with Crippen LogP contribution in [-0.2, 0) is 24.1 Å². The van der Waals surface area contributed by atoms with Gasteiger partial charge in [-0.1, -0.05) is 37.3 Å². The number of amides is 1. The van der Waals surface area contributed by atoms with Gasteiger partial charge in [-0.25, -0.2) is 4.98 Å². The first-order chi connectivity index (χ1) is 10.7. The summed E-state index contributed by atoms with van der Waals surface area (Å²) in [4.78, 5) is 18.8. The van der Waals surface area contributed by atoms with Crippen LogP contribution in [0.5, 0.6) is 0 Å². The zero-order chi connectivity index (χ0) is 15.8. The molecule has 1 heterocycles. The molecule has 4 nitrogen and oxygen atoms in total. The SMILES string of the molecule is CCc1nc(CC(=O)N(CCN)CCc2ccccc2)cs1.Cl.Cl. The van der Waals surface area contributed by atoms with Crippen LogP contribution in [-0.4, -0.2) is 35.4 Å². The van der Waals surface area contributed by atoms with E-state index < -0.39 is 0 Å². The maximum absolute atomic E-state index is 12.5. The molecule has 134 valence electrons. The van der Waals surface area contributed by atoms with E-state index in [1.165, 1.54) is 5.56 Å². The maximum atomic E-state index is 12.5. The number of rotatable bonds is 8. The molecule has 1 amide bonds. The summed E-state index contributed by atoms with van der Waals surface area (Å²) >= 11 is 1.62. The van der Waals surface area contributed by atoms with E-state index in [1.807, 2.05) is 28.5 Å². The molecule has 2 aromatic rings. The van der Waals surface area contributed by atoms with Crippen LogP contribution < -0.4 is 5.73 Å². The summed E-state index contributed by atoms with van der Waals surface area (Å²) in [6, 6.07) is 10.2. The molecule has 24 heavy (non-hydrogen) atoms. The van der Waals surface area contributed by atoms with Gasteiger partial charge in [0, 0.05) is 25.0 Å². The summed E-state index contributed by atoms with van der Waals surface area (Å²) < 4.78 is 0. The van der Waals surface area contributed by atoms with Crippen LogP contribution in [0.25, 0.3) is 0 Å². The Labute approximate surface area is 160 Å². The first kappa shape index (κ1) is 22.9. The number of nitrogens with zero attached hydrogens (tertiary/aromatic N) is 2. The third-order valence-corrected chi connectivity index (χ3v) is 4.54. The quantitative estimate of drug-likeness (QED) is 0.754. The summed E-state index contributed by atoms with van der Waals surface area (Å²) in [5.74, 6) is 0.106. The number of aryl methyl sites for hydroxylation is 1. The fourth-order valence-corrected chi connectivity index (χ4v) is 3.03. The Bertz CT molecular complexity index is 593. The van der Waals surface area contributed by atoms with Crippen LogP contribution in [0.1, 0.15) is 23.2 Å². The highest BCUT2D eigenvalue weighted by molar-refractivity contribution is 7.09. The molecule has 0 saturated heterocycles. The average Bonchev–Trinajstić information content (AvgIpc) is 3.00. The van der Waals surface area contributed by atoms with Gasteiger partial charge in [-0.05, 0) is 18.4 Å².